The largest absolute Gasteiger partial charge is 0.467 e. The first-order valence-corrected chi connectivity index (χ1v) is 13.0. The Morgan fingerprint density at radius 1 is 1.21 bits per heavy atom. The van der Waals surface area contributed by atoms with Crippen LogP contribution in [-0.2, 0) is 18.7 Å². The van der Waals surface area contributed by atoms with E-state index in [1.165, 1.54) is 12.0 Å². The Hall–Kier alpha value is -1.38. The molecule has 0 saturated carbocycles. The SMILES string of the molecule is C=C(CO[Si](C)(C)C(C)(C)C)CC1(C(=O)OC)[C@H](O)CCN1C(=O)OC(C)(C)C. The molecule has 0 spiro atoms. The van der Waals surface area contributed by atoms with Gasteiger partial charge in [0.25, 0.3) is 0 Å². The molecule has 1 fully saturated rings. The van der Waals surface area contributed by atoms with Gasteiger partial charge >= 0.3 is 12.1 Å². The van der Waals surface area contributed by atoms with Crippen molar-refractivity contribution in [2.24, 2.45) is 0 Å². The first-order chi connectivity index (χ1) is 13.0. The number of likely N-dealkylation sites (tertiary alicyclic amines) is 1. The monoisotopic (exact) mass is 429 g/mol. The predicted octanol–water partition coefficient (Wildman–Crippen LogP) is 3.87. The summed E-state index contributed by atoms with van der Waals surface area (Å²) in [4.78, 5) is 26.9. The maximum Gasteiger partial charge on any atom is 0.411 e. The van der Waals surface area contributed by atoms with Crippen molar-refractivity contribution >= 4 is 20.4 Å². The van der Waals surface area contributed by atoms with Gasteiger partial charge in [-0.2, -0.15) is 0 Å². The number of carbonyl (C=O) groups is 2. The van der Waals surface area contributed by atoms with Gasteiger partial charge in [-0.05, 0) is 45.3 Å². The average molecular weight is 430 g/mol. The van der Waals surface area contributed by atoms with Gasteiger partial charge in [-0.25, -0.2) is 9.59 Å². The third kappa shape index (κ3) is 5.83. The smallest absolute Gasteiger partial charge is 0.411 e. The van der Waals surface area contributed by atoms with Crippen molar-refractivity contribution in [3.8, 4) is 0 Å². The van der Waals surface area contributed by atoms with E-state index < -0.39 is 37.6 Å². The molecular formula is C21H39NO6Si. The fraction of sp³-hybridized carbons (Fsp3) is 0.810. The van der Waals surface area contributed by atoms with Crippen molar-refractivity contribution in [1.29, 1.82) is 0 Å². The zero-order chi connectivity index (χ0) is 22.8. The number of methoxy groups -OCH3 is 1. The maximum absolute atomic E-state index is 12.8. The summed E-state index contributed by atoms with van der Waals surface area (Å²) in [6.07, 6.45) is -1.43. The third-order valence-electron chi connectivity index (χ3n) is 5.77. The molecule has 29 heavy (non-hydrogen) atoms. The van der Waals surface area contributed by atoms with Gasteiger partial charge < -0.3 is 19.0 Å². The molecule has 0 aromatic rings. The Morgan fingerprint density at radius 2 is 1.76 bits per heavy atom. The van der Waals surface area contributed by atoms with Gasteiger partial charge in [0.15, 0.2) is 13.9 Å². The first kappa shape index (κ1) is 25.7. The van der Waals surface area contributed by atoms with E-state index in [0.29, 0.717) is 5.57 Å². The van der Waals surface area contributed by atoms with Gasteiger partial charge in [0.2, 0.25) is 0 Å². The highest BCUT2D eigenvalue weighted by atomic mass is 28.4. The molecule has 7 nitrogen and oxygen atoms in total. The summed E-state index contributed by atoms with van der Waals surface area (Å²) in [5.74, 6) is -0.679. The van der Waals surface area contributed by atoms with E-state index in [2.05, 4.69) is 40.4 Å². The number of ether oxygens (including phenoxy) is 2. The number of hydrogen-bond donors (Lipinski definition) is 1. The molecule has 1 amide bonds. The van der Waals surface area contributed by atoms with E-state index in [1.54, 1.807) is 20.8 Å². The molecule has 1 heterocycles. The number of aliphatic hydroxyl groups excluding tert-OH is 1. The van der Waals surface area contributed by atoms with E-state index in [4.69, 9.17) is 13.9 Å². The van der Waals surface area contributed by atoms with Gasteiger partial charge in [0.05, 0.1) is 19.8 Å². The molecule has 0 radical (unpaired) electrons. The summed E-state index contributed by atoms with van der Waals surface area (Å²) in [6, 6.07) is 0. The molecule has 0 aromatic heterocycles. The van der Waals surface area contributed by atoms with Crippen LogP contribution >= 0.6 is 0 Å². The molecule has 1 aliphatic rings. The van der Waals surface area contributed by atoms with E-state index in [1.807, 2.05) is 0 Å². The van der Waals surface area contributed by atoms with Gasteiger partial charge in [0.1, 0.15) is 5.60 Å². The number of rotatable bonds is 6. The lowest BCUT2D eigenvalue weighted by Gasteiger charge is -2.40. The van der Waals surface area contributed by atoms with Crippen molar-refractivity contribution in [2.75, 3.05) is 20.3 Å². The van der Waals surface area contributed by atoms with Crippen molar-refractivity contribution in [2.45, 2.75) is 89.8 Å². The minimum absolute atomic E-state index is 0.0305. The number of hydrogen-bond acceptors (Lipinski definition) is 6. The molecule has 0 bridgehead atoms. The fourth-order valence-electron chi connectivity index (χ4n) is 3.08. The average Bonchev–Trinajstić information content (AvgIpc) is 2.87. The second kappa shape index (κ2) is 8.77. The summed E-state index contributed by atoms with van der Waals surface area (Å²) in [5, 5.41) is 10.8. The molecular weight excluding hydrogens is 390 g/mol. The second-order valence-electron chi connectivity index (χ2n) is 10.3. The van der Waals surface area contributed by atoms with Gasteiger partial charge in [-0.15, -0.1) is 0 Å². The van der Waals surface area contributed by atoms with E-state index in [0.717, 1.165) is 0 Å². The minimum atomic E-state index is -2.02. The standard InChI is InChI=1S/C21H39NO6Si/c1-15(14-27-29(9,10)20(5,6)7)13-21(17(24)26-8)16(23)11-12-22(21)18(25)28-19(2,3)4/h16,23H,1,11-14H2,2-10H3/t16-,21?/m1/s1. The van der Waals surface area contributed by atoms with Crippen LogP contribution in [-0.4, -0.2) is 67.9 Å². The predicted molar refractivity (Wildman–Crippen MR) is 115 cm³/mol. The molecule has 0 aromatic carbocycles. The quantitative estimate of drug-likeness (QED) is 0.392. The van der Waals surface area contributed by atoms with Crippen LogP contribution in [0.25, 0.3) is 0 Å². The number of esters is 1. The van der Waals surface area contributed by atoms with Crippen molar-refractivity contribution in [1.82, 2.24) is 4.90 Å². The first-order valence-electron chi connectivity index (χ1n) is 10.1. The van der Waals surface area contributed by atoms with E-state index in [9.17, 15) is 14.7 Å². The lowest BCUT2D eigenvalue weighted by atomic mass is 9.86. The summed E-state index contributed by atoms with van der Waals surface area (Å²) in [7, 11) is -0.768. The van der Waals surface area contributed by atoms with Gasteiger partial charge in [-0.1, -0.05) is 32.9 Å². The Kier molecular flexibility index (Phi) is 7.76. The highest BCUT2D eigenvalue weighted by Gasteiger charge is 2.58. The van der Waals surface area contributed by atoms with Crippen LogP contribution in [0.3, 0.4) is 0 Å². The van der Waals surface area contributed by atoms with Crippen LogP contribution in [0.4, 0.5) is 4.79 Å². The van der Waals surface area contributed by atoms with Crippen molar-refractivity contribution in [3.63, 3.8) is 0 Å². The Bertz CT molecular complexity index is 634. The van der Waals surface area contributed by atoms with Crippen LogP contribution < -0.4 is 0 Å². The van der Waals surface area contributed by atoms with Crippen molar-refractivity contribution < 1.29 is 28.6 Å². The lowest BCUT2D eigenvalue weighted by molar-refractivity contribution is -0.158. The molecule has 1 aliphatic heterocycles. The molecule has 1 saturated heterocycles. The Labute approximate surface area is 176 Å². The van der Waals surface area contributed by atoms with Crippen LogP contribution in [0.2, 0.25) is 18.1 Å². The van der Waals surface area contributed by atoms with Gasteiger partial charge in [-0.3, -0.25) is 4.90 Å². The second-order valence-corrected chi connectivity index (χ2v) is 15.1. The lowest BCUT2D eigenvalue weighted by Crippen LogP contribution is -2.60. The van der Waals surface area contributed by atoms with E-state index in [-0.39, 0.29) is 31.0 Å². The van der Waals surface area contributed by atoms with Crippen LogP contribution in [0.15, 0.2) is 12.2 Å². The summed E-state index contributed by atoms with van der Waals surface area (Å²) in [6.45, 7) is 20.5. The summed E-state index contributed by atoms with van der Waals surface area (Å²) >= 11 is 0. The minimum Gasteiger partial charge on any atom is -0.467 e. The number of carbonyl (C=O) groups excluding carboxylic acids is 2. The van der Waals surface area contributed by atoms with Crippen molar-refractivity contribution in [3.05, 3.63) is 12.2 Å². The molecule has 8 heteroatoms. The molecule has 1 rings (SSSR count). The topological polar surface area (TPSA) is 85.3 Å². The van der Waals surface area contributed by atoms with Crippen LogP contribution in [0, 0.1) is 0 Å². The van der Waals surface area contributed by atoms with Gasteiger partial charge in [0, 0.05) is 13.0 Å². The maximum atomic E-state index is 12.8. The molecule has 0 aliphatic carbocycles. The van der Waals surface area contributed by atoms with Crippen LogP contribution in [0.5, 0.6) is 0 Å². The van der Waals surface area contributed by atoms with Crippen LogP contribution in [0.1, 0.15) is 54.4 Å². The third-order valence-corrected chi connectivity index (χ3v) is 10.3. The number of aliphatic hydroxyl groups is 1. The zero-order valence-corrected chi connectivity index (χ0v) is 20.5. The molecule has 1 N–H and O–H groups in total. The zero-order valence-electron chi connectivity index (χ0n) is 19.5. The number of amides is 1. The summed E-state index contributed by atoms with van der Waals surface area (Å²) < 4.78 is 16.7. The fourth-order valence-corrected chi connectivity index (χ4v) is 4.08. The highest BCUT2D eigenvalue weighted by molar-refractivity contribution is 6.74. The van der Waals surface area contributed by atoms with E-state index >= 15 is 0 Å². The Balaban J connectivity index is 3.11. The number of nitrogens with zero attached hydrogens (tertiary/aromatic N) is 1. The highest BCUT2D eigenvalue weighted by Crippen LogP contribution is 2.39. The Morgan fingerprint density at radius 3 is 2.21 bits per heavy atom. The molecule has 2 atom stereocenters. The molecule has 1 unspecified atom stereocenters. The molecule has 168 valence electrons. The summed E-state index contributed by atoms with van der Waals surface area (Å²) in [5.41, 5.74) is -1.67. The normalized spacial score (nSPS) is 23.1.